The van der Waals surface area contributed by atoms with Crippen molar-refractivity contribution >= 4 is 5.78 Å². The summed E-state index contributed by atoms with van der Waals surface area (Å²) in [6.45, 7) is 7.40. The minimum atomic E-state index is 0.0229. The van der Waals surface area contributed by atoms with Gasteiger partial charge in [-0.25, -0.2) is 0 Å². The van der Waals surface area contributed by atoms with E-state index < -0.39 is 0 Å². The lowest BCUT2D eigenvalue weighted by Gasteiger charge is -2.15. The van der Waals surface area contributed by atoms with Crippen LogP contribution in [0.4, 0.5) is 0 Å². The van der Waals surface area contributed by atoms with Gasteiger partial charge in [-0.15, -0.1) is 0 Å². The third-order valence-electron chi connectivity index (χ3n) is 3.45. The van der Waals surface area contributed by atoms with Crippen molar-refractivity contribution in [3.63, 3.8) is 0 Å². The molecule has 0 amide bonds. The van der Waals surface area contributed by atoms with Gasteiger partial charge in [-0.3, -0.25) is 4.79 Å². The first-order valence-electron chi connectivity index (χ1n) is 6.53. The molecule has 0 saturated heterocycles. The summed E-state index contributed by atoms with van der Waals surface area (Å²) in [5, 5.41) is 0. The number of carbonyl (C=O) groups excluding carboxylic acids is 1. The molecule has 3 nitrogen and oxygen atoms in total. The Morgan fingerprint density at radius 1 is 1.11 bits per heavy atom. The molecular weight excluding hydrogens is 228 g/mol. The third-order valence-corrected chi connectivity index (χ3v) is 3.45. The van der Waals surface area contributed by atoms with Crippen molar-refractivity contribution < 1.29 is 14.3 Å². The Morgan fingerprint density at radius 2 is 1.78 bits per heavy atom. The van der Waals surface area contributed by atoms with Gasteiger partial charge in [0.2, 0.25) is 0 Å². The van der Waals surface area contributed by atoms with E-state index in [2.05, 4.69) is 13.8 Å². The fourth-order valence-electron chi connectivity index (χ4n) is 1.88. The molecule has 0 bridgehead atoms. The van der Waals surface area contributed by atoms with Gasteiger partial charge in [-0.05, 0) is 24.1 Å². The Labute approximate surface area is 108 Å². The first-order valence-corrected chi connectivity index (χ1v) is 6.53. The molecule has 0 aromatic heterocycles. The summed E-state index contributed by atoms with van der Waals surface area (Å²) in [4.78, 5) is 12.3. The molecule has 1 aromatic carbocycles. The van der Waals surface area contributed by atoms with Crippen LogP contribution in [0.5, 0.6) is 11.5 Å². The summed E-state index contributed by atoms with van der Waals surface area (Å²) in [6.07, 6.45) is 0.875. The molecule has 1 aliphatic heterocycles. The van der Waals surface area contributed by atoms with Gasteiger partial charge < -0.3 is 9.47 Å². The minimum Gasteiger partial charge on any atom is -0.490 e. The second kappa shape index (κ2) is 5.42. The molecule has 0 saturated carbocycles. The van der Waals surface area contributed by atoms with Gasteiger partial charge in [0.25, 0.3) is 0 Å². The number of rotatable bonds is 3. The second-order valence-corrected chi connectivity index (χ2v) is 5.11. The summed E-state index contributed by atoms with van der Waals surface area (Å²) < 4.78 is 11.2. The molecule has 1 aromatic rings. The van der Waals surface area contributed by atoms with Crippen LogP contribution in [0.15, 0.2) is 18.2 Å². The van der Waals surface area contributed by atoms with Gasteiger partial charge >= 0.3 is 0 Å². The Hall–Kier alpha value is -1.51. The van der Waals surface area contributed by atoms with Crippen LogP contribution in [0.3, 0.4) is 0 Å². The zero-order chi connectivity index (χ0) is 13.1. The van der Waals surface area contributed by atoms with Gasteiger partial charge in [-0.1, -0.05) is 20.8 Å². The van der Waals surface area contributed by atoms with Crippen LogP contribution in [0.25, 0.3) is 0 Å². The highest BCUT2D eigenvalue weighted by atomic mass is 16.5. The smallest absolute Gasteiger partial charge is 0.166 e. The predicted octanol–water partition coefficient (Wildman–Crippen LogP) is 3.32. The first-order chi connectivity index (χ1) is 8.59. The molecular formula is C15H20O3. The maximum atomic E-state index is 12.3. The topological polar surface area (TPSA) is 35.5 Å². The summed E-state index contributed by atoms with van der Waals surface area (Å²) >= 11 is 0. The fraction of sp³-hybridized carbons (Fsp3) is 0.533. The van der Waals surface area contributed by atoms with Crippen LogP contribution >= 0.6 is 0 Å². The average molecular weight is 248 g/mol. The predicted molar refractivity (Wildman–Crippen MR) is 70.4 cm³/mol. The number of ether oxygens (including phenoxy) is 2. The van der Waals surface area contributed by atoms with E-state index in [1.807, 2.05) is 25.1 Å². The van der Waals surface area contributed by atoms with Crippen molar-refractivity contribution in [3.8, 4) is 11.5 Å². The molecule has 18 heavy (non-hydrogen) atoms. The van der Waals surface area contributed by atoms with Gasteiger partial charge in [0.15, 0.2) is 17.3 Å². The molecule has 2 rings (SSSR count). The molecule has 0 spiro atoms. The highest BCUT2D eigenvalue weighted by molar-refractivity contribution is 5.98. The van der Waals surface area contributed by atoms with E-state index in [0.29, 0.717) is 30.4 Å². The number of fused-ring (bicyclic) bond motifs is 1. The molecule has 1 heterocycles. The quantitative estimate of drug-likeness (QED) is 0.770. The number of carbonyl (C=O) groups is 1. The highest BCUT2D eigenvalue weighted by Crippen LogP contribution is 2.31. The molecule has 0 fully saturated rings. The Bertz CT molecular complexity index is 437. The zero-order valence-corrected chi connectivity index (χ0v) is 11.2. The summed E-state index contributed by atoms with van der Waals surface area (Å²) in [6, 6.07) is 5.47. The minimum absolute atomic E-state index is 0.0229. The van der Waals surface area contributed by atoms with Crippen LogP contribution in [0.1, 0.15) is 37.6 Å². The highest BCUT2D eigenvalue weighted by Gasteiger charge is 2.20. The van der Waals surface area contributed by atoms with Crippen molar-refractivity contribution in [1.82, 2.24) is 0 Å². The molecule has 0 radical (unpaired) electrons. The van der Waals surface area contributed by atoms with E-state index >= 15 is 0 Å². The van der Waals surface area contributed by atoms with Crippen LogP contribution < -0.4 is 9.47 Å². The normalized spacial score (nSPS) is 16.2. The third kappa shape index (κ3) is 2.66. The van der Waals surface area contributed by atoms with E-state index in [1.54, 1.807) is 0 Å². The number of benzene rings is 1. The van der Waals surface area contributed by atoms with Crippen molar-refractivity contribution in [2.45, 2.75) is 27.2 Å². The van der Waals surface area contributed by atoms with Crippen molar-refractivity contribution in [2.75, 3.05) is 13.2 Å². The van der Waals surface area contributed by atoms with Crippen molar-refractivity contribution in [2.24, 2.45) is 11.8 Å². The van der Waals surface area contributed by atoms with Crippen LogP contribution in [0, 0.1) is 11.8 Å². The molecule has 1 aliphatic rings. The van der Waals surface area contributed by atoms with E-state index in [9.17, 15) is 4.79 Å². The van der Waals surface area contributed by atoms with E-state index in [0.717, 1.165) is 12.2 Å². The Balaban J connectivity index is 2.25. The fourth-order valence-corrected chi connectivity index (χ4v) is 1.88. The molecule has 1 unspecified atom stereocenters. The van der Waals surface area contributed by atoms with Gasteiger partial charge in [-0.2, -0.15) is 0 Å². The molecule has 0 N–H and O–H groups in total. The number of hydrogen-bond donors (Lipinski definition) is 0. The molecule has 3 heteroatoms. The summed E-state index contributed by atoms with van der Waals surface area (Å²) in [5.74, 6) is 1.96. The van der Waals surface area contributed by atoms with E-state index in [1.165, 1.54) is 0 Å². The lowest BCUT2D eigenvalue weighted by molar-refractivity contribution is 0.0899. The largest absolute Gasteiger partial charge is 0.490 e. The van der Waals surface area contributed by atoms with Crippen molar-refractivity contribution in [1.29, 1.82) is 0 Å². The lowest BCUT2D eigenvalue weighted by atomic mass is 9.89. The lowest BCUT2D eigenvalue weighted by Crippen LogP contribution is -2.17. The Morgan fingerprint density at radius 3 is 2.44 bits per heavy atom. The Kier molecular flexibility index (Phi) is 3.90. The standard InChI is InChI=1S/C15H20O3/c1-10(2)11(3)15(16)12-5-6-13-14(9-12)18-8-4-7-17-13/h5-6,9-11H,4,7-8H2,1-3H3. The molecule has 98 valence electrons. The van der Waals surface area contributed by atoms with Crippen LogP contribution in [-0.4, -0.2) is 19.0 Å². The number of Topliss-reactive ketones (excluding diaryl/α,β-unsaturated/α-hetero) is 1. The van der Waals surface area contributed by atoms with E-state index in [4.69, 9.17) is 9.47 Å². The molecule has 1 atom stereocenters. The van der Waals surface area contributed by atoms with Crippen LogP contribution in [-0.2, 0) is 0 Å². The number of ketones is 1. The van der Waals surface area contributed by atoms with E-state index in [-0.39, 0.29) is 11.7 Å². The van der Waals surface area contributed by atoms with Crippen LogP contribution in [0.2, 0.25) is 0 Å². The molecule has 0 aliphatic carbocycles. The van der Waals surface area contributed by atoms with Gasteiger partial charge in [0.05, 0.1) is 13.2 Å². The second-order valence-electron chi connectivity index (χ2n) is 5.11. The zero-order valence-electron chi connectivity index (χ0n) is 11.2. The monoisotopic (exact) mass is 248 g/mol. The van der Waals surface area contributed by atoms with Gasteiger partial charge in [0, 0.05) is 17.9 Å². The summed E-state index contributed by atoms with van der Waals surface area (Å²) in [7, 11) is 0. The summed E-state index contributed by atoms with van der Waals surface area (Å²) in [5.41, 5.74) is 0.709. The first kappa shape index (κ1) is 12.9. The van der Waals surface area contributed by atoms with Gasteiger partial charge in [0.1, 0.15) is 0 Å². The van der Waals surface area contributed by atoms with Crippen molar-refractivity contribution in [3.05, 3.63) is 23.8 Å². The number of hydrogen-bond acceptors (Lipinski definition) is 3. The maximum Gasteiger partial charge on any atom is 0.166 e. The maximum absolute atomic E-state index is 12.3. The SMILES string of the molecule is CC(C)C(C)C(=O)c1ccc2c(c1)OCCCO2. The average Bonchev–Trinajstić information content (AvgIpc) is 2.60.